The van der Waals surface area contributed by atoms with Gasteiger partial charge in [0.1, 0.15) is 5.82 Å². The zero-order valence-electron chi connectivity index (χ0n) is 11.9. The molecule has 0 unspecified atom stereocenters. The van der Waals surface area contributed by atoms with E-state index in [0.717, 1.165) is 22.8 Å². The molecule has 2 aromatic rings. The van der Waals surface area contributed by atoms with Crippen LogP contribution in [-0.4, -0.2) is 29.7 Å². The molecule has 20 heavy (non-hydrogen) atoms. The first-order chi connectivity index (χ1) is 9.64. The van der Waals surface area contributed by atoms with Crippen molar-refractivity contribution in [2.45, 2.75) is 19.3 Å². The van der Waals surface area contributed by atoms with Gasteiger partial charge in [-0.1, -0.05) is 24.3 Å². The summed E-state index contributed by atoms with van der Waals surface area (Å²) in [5.41, 5.74) is 9.99. The molecule has 1 aliphatic rings. The topological polar surface area (TPSA) is 61.0 Å². The monoisotopic (exact) mass is 269 g/mol. The summed E-state index contributed by atoms with van der Waals surface area (Å²) in [5.74, 6) is 0.810. The van der Waals surface area contributed by atoms with Crippen LogP contribution in [0.3, 0.4) is 0 Å². The number of hydrogen-bond donors (Lipinski definition) is 1. The van der Waals surface area contributed by atoms with Crippen molar-refractivity contribution >= 4 is 0 Å². The summed E-state index contributed by atoms with van der Waals surface area (Å²) >= 11 is 0. The third-order valence-electron chi connectivity index (χ3n) is 3.90. The first-order valence-corrected chi connectivity index (χ1v) is 6.85. The number of nitrogens with zero attached hydrogens (tertiary/aromatic N) is 2. The maximum absolute atomic E-state index is 5.91. The highest BCUT2D eigenvalue weighted by atomic mass is 16.5. The summed E-state index contributed by atoms with van der Waals surface area (Å²) in [5, 5.41) is 0. The second-order valence-electron chi connectivity index (χ2n) is 5.51. The van der Waals surface area contributed by atoms with E-state index in [9.17, 15) is 0 Å². The quantitative estimate of drug-likeness (QED) is 0.925. The van der Waals surface area contributed by atoms with E-state index in [-0.39, 0.29) is 5.41 Å². The largest absolute Gasteiger partial charge is 0.379 e. The van der Waals surface area contributed by atoms with Crippen LogP contribution in [0.1, 0.15) is 17.1 Å². The Kier molecular flexibility index (Phi) is 3.28. The molecule has 0 atom stereocenters. The Labute approximate surface area is 119 Å². The van der Waals surface area contributed by atoms with Gasteiger partial charge in [-0.3, -0.25) is 0 Å². The lowest BCUT2D eigenvalue weighted by atomic mass is 9.85. The molecule has 2 N–H and O–H groups in total. The fourth-order valence-electron chi connectivity index (χ4n) is 2.49. The van der Waals surface area contributed by atoms with Gasteiger partial charge in [-0.15, -0.1) is 0 Å². The molecule has 104 valence electrons. The minimum atomic E-state index is -0.205. The maximum atomic E-state index is 5.91. The van der Waals surface area contributed by atoms with Gasteiger partial charge in [-0.05, 0) is 25.5 Å². The highest BCUT2D eigenvalue weighted by Crippen LogP contribution is 2.31. The first kappa shape index (κ1) is 13.2. The van der Waals surface area contributed by atoms with Crippen LogP contribution >= 0.6 is 0 Å². The average molecular weight is 269 g/mol. The van der Waals surface area contributed by atoms with Crippen LogP contribution in [0.4, 0.5) is 0 Å². The lowest BCUT2D eigenvalue weighted by Gasteiger charge is -2.39. The van der Waals surface area contributed by atoms with E-state index in [1.54, 1.807) is 0 Å². The van der Waals surface area contributed by atoms with Crippen molar-refractivity contribution < 1.29 is 4.74 Å². The predicted molar refractivity (Wildman–Crippen MR) is 78.5 cm³/mol. The van der Waals surface area contributed by atoms with Gasteiger partial charge in [0.2, 0.25) is 0 Å². The highest BCUT2D eigenvalue weighted by Gasteiger charge is 2.42. The molecule has 1 aromatic heterocycles. The fraction of sp³-hybridized carbons (Fsp3) is 0.375. The van der Waals surface area contributed by atoms with Gasteiger partial charge in [0, 0.05) is 17.8 Å². The zero-order chi connectivity index (χ0) is 14.2. The van der Waals surface area contributed by atoms with Crippen LogP contribution in [0.2, 0.25) is 0 Å². The third-order valence-corrected chi connectivity index (χ3v) is 3.90. The Hall–Kier alpha value is -1.78. The SMILES string of the molecule is Cc1cc(-c2ccccc2C)nc(C2(CN)COC2)n1. The molecule has 0 spiro atoms. The minimum Gasteiger partial charge on any atom is -0.379 e. The van der Waals surface area contributed by atoms with Crippen molar-refractivity contribution in [3.05, 3.63) is 47.4 Å². The normalized spacial score (nSPS) is 16.8. The average Bonchev–Trinajstić information content (AvgIpc) is 2.38. The molecule has 4 nitrogen and oxygen atoms in total. The second-order valence-corrected chi connectivity index (χ2v) is 5.51. The third kappa shape index (κ3) is 2.11. The summed E-state index contributed by atoms with van der Waals surface area (Å²) in [6, 6.07) is 10.3. The van der Waals surface area contributed by atoms with E-state index in [2.05, 4.69) is 24.0 Å². The van der Waals surface area contributed by atoms with Gasteiger partial charge in [0.05, 0.1) is 24.3 Å². The molecule has 0 radical (unpaired) electrons. The van der Waals surface area contributed by atoms with Gasteiger partial charge in [-0.2, -0.15) is 0 Å². The van der Waals surface area contributed by atoms with Crippen molar-refractivity contribution in [1.29, 1.82) is 0 Å². The number of nitrogens with two attached hydrogens (primary N) is 1. The molecule has 0 bridgehead atoms. The maximum Gasteiger partial charge on any atom is 0.141 e. The minimum absolute atomic E-state index is 0.205. The number of ether oxygens (including phenoxy) is 1. The lowest BCUT2D eigenvalue weighted by molar-refractivity contribution is -0.0594. The standard InChI is InChI=1S/C16H19N3O/c1-11-5-3-4-6-13(11)14-7-12(2)18-15(19-14)16(8-17)9-20-10-16/h3-7H,8-10,17H2,1-2H3. The van der Waals surface area contributed by atoms with Crippen molar-refractivity contribution in [3.8, 4) is 11.3 Å². The summed E-state index contributed by atoms with van der Waals surface area (Å²) in [7, 11) is 0. The molecule has 2 heterocycles. The Morgan fingerprint density at radius 3 is 2.55 bits per heavy atom. The Morgan fingerprint density at radius 2 is 1.95 bits per heavy atom. The Morgan fingerprint density at radius 1 is 1.20 bits per heavy atom. The molecule has 4 heteroatoms. The molecular formula is C16H19N3O. The van der Waals surface area contributed by atoms with Gasteiger partial charge >= 0.3 is 0 Å². The van der Waals surface area contributed by atoms with Crippen molar-refractivity contribution in [3.63, 3.8) is 0 Å². The Bertz CT molecular complexity index is 630. The van der Waals surface area contributed by atoms with Gasteiger partial charge in [0.25, 0.3) is 0 Å². The summed E-state index contributed by atoms with van der Waals surface area (Å²) in [4.78, 5) is 9.34. The Balaban J connectivity index is 2.10. The lowest BCUT2D eigenvalue weighted by Crippen LogP contribution is -2.53. The first-order valence-electron chi connectivity index (χ1n) is 6.85. The van der Waals surface area contributed by atoms with Crippen LogP contribution in [0.25, 0.3) is 11.3 Å². The molecule has 0 amide bonds. The molecule has 1 aliphatic heterocycles. The van der Waals surface area contributed by atoms with Crippen LogP contribution in [0.5, 0.6) is 0 Å². The number of aromatic nitrogens is 2. The number of aryl methyl sites for hydroxylation is 2. The van der Waals surface area contributed by atoms with Crippen LogP contribution in [-0.2, 0) is 10.2 Å². The summed E-state index contributed by atoms with van der Waals surface area (Å²) in [6.45, 7) is 5.83. The molecule has 1 aromatic carbocycles. The van der Waals surface area contributed by atoms with E-state index in [0.29, 0.717) is 19.8 Å². The van der Waals surface area contributed by atoms with E-state index in [1.165, 1.54) is 5.56 Å². The zero-order valence-corrected chi connectivity index (χ0v) is 11.9. The van der Waals surface area contributed by atoms with Crippen LogP contribution in [0, 0.1) is 13.8 Å². The predicted octanol–water partition coefficient (Wildman–Crippen LogP) is 1.99. The molecule has 3 rings (SSSR count). The molecule has 1 fully saturated rings. The van der Waals surface area contributed by atoms with Crippen LogP contribution in [0.15, 0.2) is 30.3 Å². The van der Waals surface area contributed by atoms with Crippen molar-refractivity contribution in [2.24, 2.45) is 5.73 Å². The van der Waals surface area contributed by atoms with E-state index in [1.807, 2.05) is 25.1 Å². The number of hydrogen-bond acceptors (Lipinski definition) is 4. The molecule has 0 saturated carbocycles. The number of benzene rings is 1. The van der Waals surface area contributed by atoms with Crippen molar-refractivity contribution in [1.82, 2.24) is 9.97 Å². The van der Waals surface area contributed by atoms with E-state index < -0.39 is 0 Å². The van der Waals surface area contributed by atoms with E-state index in [4.69, 9.17) is 15.5 Å². The summed E-state index contributed by atoms with van der Waals surface area (Å²) in [6.07, 6.45) is 0. The highest BCUT2D eigenvalue weighted by molar-refractivity contribution is 5.63. The fourth-order valence-corrected chi connectivity index (χ4v) is 2.49. The van der Waals surface area contributed by atoms with Gasteiger partial charge in [0.15, 0.2) is 0 Å². The van der Waals surface area contributed by atoms with Gasteiger partial charge < -0.3 is 10.5 Å². The van der Waals surface area contributed by atoms with Crippen LogP contribution < -0.4 is 5.73 Å². The molecule has 0 aliphatic carbocycles. The smallest absolute Gasteiger partial charge is 0.141 e. The van der Waals surface area contributed by atoms with Crippen molar-refractivity contribution in [2.75, 3.05) is 19.8 Å². The molecular weight excluding hydrogens is 250 g/mol. The molecule has 1 saturated heterocycles. The number of rotatable bonds is 3. The second kappa shape index (κ2) is 4.96. The summed E-state index contributed by atoms with van der Waals surface area (Å²) < 4.78 is 5.33. The van der Waals surface area contributed by atoms with Gasteiger partial charge in [-0.25, -0.2) is 9.97 Å². The van der Waals surface area contributed by atoms with E-state index >= 15 is 0 Å².